The quantitative estimate of drug-likeness (QED) is 0.769. The molecule has 2 aromatic rings. The van der Waals surface area contributed by atoms with E-state index < -0.39 is 6.10 Å². The van der Waals surface area contributed by atoms with Crippen molar-refractivity contribution in [3.63, 3.8) is 0 Å². The van der Waals surface area contributed by atoms with Crippen molar-refractivity contribution >= 4 is 0 Å². The van der Waals surface area contributed by atoms with Crippen LogP contribution < -0.4 is 5.32 Å². The summed E-state index contributed by atoms with van der Waals surface area (Å²) in [5.41, 5.74) is 2.18. The zero-order valence-corrected chi connectivity index (χ0v) is 10.6. The summed E-state index contributed by atoms with van der Waals surface area (Å²) < 4.78 is 5.21. The maximum absolute atomic E-state index is 10.0. The van der Waals surface area contributed by atoms with Crippen molar-refractivity contribution in [3.8, 4) is 0 Å². The molecule has 0 aliphatic carbocycles. The van der Waals surface area contributed by atoms with Crippen molar-refractivity contribution in [3.05, 3.63) is 59.5 Å². The number of hydrogen-bond acceptors (Lipinski definition) is 3. The van der Waals surface area contributed by atoms with E-state index in [4.69, 9.17) is 4.42 Å². The molecule has 2 rings (SSSR count). The molecule has 1 unspecified atom stereocenters. The predicted molar refractivity (Wildman–Crippen MR) is 71.2 cm³/mol. The highest BCUT2D eigenvalue weighted by Gasteiger charge is 2.06. The molecule has 1 heterocycles. The van der Waals surface area contributed by atoms with Crippen LogP contribution in [0.1, 0.15) is 29.4 Å². The maximum atomic E-state index is 10.0. The molecule has 0 radical (unpaired) electrons. The fourth-order valence-corrected chi connectivity index (χ4v) is 1.82. The first-order valence-electron chi connectivity index (χ1n) is 6.23. The number of aryl methyl sites for hydroxylation is 1. The summed E-state index contributed by atoms with van der Waals surface area (Å²) in [7, 11) is 0. The van der Waals surface area contributed by atoms with Crippen molar-refractivity contribution in [2.24, 2.45) is 0 Å². The van der Waals surface area contributed by atoms with Crippen LogP contribution in [0.4, 0.5) is 0 Å². The summed E-state index contributed by atoms with van der Waals surface area (Å²) in [5.74, 6) is 0.917. The van der Waals surface area contributed by atoms with E-state index in [0.29, 0.717) is 13.0 Å². The van der Waals surface area contributed by atoms with Gasteiger partial charge in [-0.05, 0) is 37.6 Å². The number of rotatable bonds is 6. The minimum atomic E-state index is -0.408. The van der Waals surface area contributed by atoms with Crippen molar-refractivity contribution in [1.29, 1.82) is 0 Å². The van der Waals surface area contributed by atoms with Crippen LogP contribution in [0.3, 0.4) is 0 Å². The third-order valence-electron chi connectivity index (χ3n) is 2.94. The Labute approximate surface area is 107 Å². The summed E-state index contributed by atoms with van der Waals surface area (Å²) in [6, 6.07) is 11.8. The molecule has 3 heteroatoms. The van der Waals surface area contributed by atoms with Gasteiger partial charge in [-0.15, -0.1) is 0 Å². The molecule has 3 nitrogen and oxygen atoms in total. The van der Waals surface area contributed by atoms with Crippen LogP contribution in [0.5, 0.6) is 0 Å². The van der Waals surface area contributed by atoms with E-state index in [0.717, 1.165) is 17.9 Å². The topological polar surface area (TPSA) is 45.4 Å². The third-order valence-corrected chi connectivity index (χ3v) is 2.94. The fraction of sp³-hybridized carbons (Fsp3) is 0.333. The van der Waals surface area contributed by atoms with Crippen LogP contribution in [-0.4, -0.2) is 11.7 Å². The monoisotopic (exact) mass is 245 g/mol. The highest BCUT2D eigenvalue weighted by Crippen LogP contribution is 2.16. The molecule has 0 bridgehead atoms. The maximum Gasteiger partial charge on any atom is 0.117 e. The zero-order chi connectivity index (χ0) is 12.8. The molecule has 18 heavy (non-hydrogen) atoms. The van der Waals surface area contributed by atoms with Gasteiger partial charge in [0.25, 0.3) is 0 Å². The minimum Gasteiger partial charge on any atom is -0.468 e. The highest BCUT2D eigenvalue weighted by atomic mass is 16.3. The van der Waals surface area contributed by atoms with Crippen LogP contribution in [0, 0.1) is 6.92 Å². The Hall–Kier alpha value is -1.58. The molecule has 2 N–H and O–H groups in total. The van der Waals surface area contributed by atoms with Gasteiger partial charge in [-0.2, -0.15) is 0 Å². The Bertz CT molecular complexity index is 448. The van der Waals surface area contributed by atoms with Gasteiger partial charge in [-0.3, -0.25) is 0 Å². The average Bonchev–Trinajstić information content (AvgIpc) is 2.88. The van der Waals surface area contributed by atoms with Crippen molar-refractivity contribution in [1.82, 2.24) is 5.32 Å². The lowest BCUT2D eigenvalue weighted by Gasteiger charge is -2.11. The first-order valence-corrected chi connectivity index (χ1v) is 6.23. The van der Waals surface area contributed by atoms with Gasteiger partial charge in [0.05, 0.1) is 18.9 Å². The normalized spacial score (nSPS) is 12.6. The first kappa shape index (κ1) is 12.9. The molecule has 0 amide bonds. The van der Waals surface area contributed by atoms with Gasteiger partial charge in [0, 0.05) is 0 Å². The van der Waals surface area contributed by atoms with Gasteiger partial charge in [0.1, 0.15) is 5.76 Å². The van der Waals surface area contributed by atoms with Gasteiger partial charge in [0.2, 0.25) is 0 Å². The molecule has 1 atom stereocenters. The smallest absolute Gasteiger partial charge is 0.117 e. The summed E-state index contributed by atoms with van der Waals surface area (Å²) in [5, 5.41) is 13.3. The fourth-order valence-electron chi connectivity index (χ4n) is 1.82. The molecule has 0 saturated carbocycles. The lowest BCUT2D eigenvalue weighted by atomic mass is 10.1. The average molecular weight is 245 g/mol. The summed E-state index contributed by atoms with van der Waals surface area (Å²) in [6.07, 6.45) is 1.96. The number of nitrogens with one attached hydrogen (secondary N) is 1. The van der Waals surface area contributed by atoms with Crippen LogP contribution in [0.25, 0.3) is 0 Å². The molecule has 0 fully saturated rings. The third kappa shape index (κ3) is 3.72. The summed E-state index contributed by atoms with van der Waals surface area (Å²) in [6.45, 7) is 3.50. The zero-order valence-electron chi connectivity index (χ0n) is 10.6. The van der Waals surface area contributed by atoms with Gasteiger partial charge >= 0.3 is 0 Å². The second kappa shape index (κ2) is 6.38. The van der Waals surface area contributed by atoms with E-state index in [1.54, 1.807) is 6.26 Å². The molecular formula is C15H19NO2. The van der Waals surface area contributed by atoms with Gasteiger partial charge in [-0.1, -0.05) is 29.8 Å². The van der Waals surface area contributed by atoms with Crippen molar-refractivity contribution in [2.75, 3.05) is 6.54 Å². The SMILES string of the molecule is Cc1ccc(C(O)CCNCc2ccco2)cc1. The molecular weight excluding hydrogens is 226 g/mol. The number of furan rings is 1. The minimum absolute atomic E-state index is 0.408. The van der Waals surface area contributed by atoms with Crippen LogP contribution in [-0.2, 0) is 6.54 Å². The van der Waals surface area contributed by atoms with Crippen molar-refractivity contribution in [2.45, 2.75) is 26.0 Å². The highest BCUT2D eigenvalue weighted by molar-refractivity contribution is 5.22. The lowest BCUT2D eigenvalue weighted by molar-refractivity contribution is 0.166. The summed E-state index contributed by atoms with van der Waals surface area (Å²) >= 11 is 0. The van der Waals surface area contributed by atoms with E-state index >= 15 is 0 Å². The van der Waals surface area contributed by atoms with Crippen LogP contribution in [0.15, 0.2) is 47.1 Å². The molecule has 1 aromatic carbocycles. The Balaban J connectivity index is 1.71. The van der Waals surface area contributed by atoms with Crippen LogP contribution in [0.2, 0.25) is 0 Å². The number of benzene rings is 1. The Kier molecular flexibility index (Phi) is 4.56. The molecule has 1 aromatic heterocycles. The van der Waals surface area contributed by atoms with Crippen LogP contribution >= 0.6 is 0 Å². The molecule has 0 saturated heterocycles. The van der Waals surface area contributed by atoms with Gasteiger partial charge < -0.3 is 14.8 Å². The van der Waals surface area contributed by atoms with E-state index in [9.17, 15) is 5.11 Å². The van der Waals surface area contributed by atoms with Crippen molar-refractivity contribution < 1.29 is 9.52 Å². The Morgan fingerprint density at radius 2 is 2.00 bits per heavy atom. The molecule has 0 aliphatic heterocycles. The van der Waals surface area contributed by atoms with Gasteiger partial charge in [0.15, 0.2) is 0 Å². The summed E-state index contributed by atoms with van der Waals surface area (Å²) in [4.78, 5) is 0. The van der Waals surface area contributed by atoms with E-state index in [-0.39, 0.29) is 0 Å². The number of aliphatic hydroxyl groups excluding tert-OH is 1. The standard InChI is InChI=1S/C15H19NO2/c1-12-4-6-13(7-5-12)15(17)8-9-16-11-14-3-2-10-18-14/h2-7,10,15-17H,8-9,11H2,1H3. The predicted octanol–water partition coefficient (Wildman–Crippen LogP) is 2.80. The number of hydrogen-bond donors (Lipinski definition) is 2. The van der Waals surface area contributed by atoms with E-state index in [2.05, 4.69) is 5.32 Å². The van der Waals surface area contributed by atoms with Gasteiger partial charge in [-0.25, -0.2) is 0 Å². The van der Waals surface area contributed by atoms with E-state index in [1.807, 2.05) is 43.3 Å². The number of aliphatic hydroxyl groups is 1. The second-order valence-electron chi connectivity index (χ2n) is 4.47. The second-order valence-corrected chi connectivity index (χ2v) is 4.47. The lowest BCUT2D eigenvalue weighted by Crippen LogP contribution is -2.16. The van der Waals surface area contributed by atoms with E-state index in [1.165, 1.54) is 5.56 Å². The first-order chi connectivity index (χ1) is 8.75. The molecule has 0 aliphatic rings. The molecule has 0 spiro atoms. The Morgan fingerprint density at radius 3 is 2.67 bits per heavy atom. The largest absolute Gasteiger partial charge is 0.468 e. The molecule has 96 valence electrons. The Morgan fingerprint density at radius 1 is 1.22 bits per heavy atom.